The van der Waals surface area contributed by atoms with Crippen LogP contribution in [0.2, 0.25) is 0 Å². The molecule has 1 aromatic rings. The standard InChI is InChI=1S/C16H25NO/c1-11(2)16(4,5)10-17-12(3)9-13-14(17)7-6-8-15(13)18/h9,11H,6-8,10H2,1-5H3. The van der Waals surface area contributed by atoms with Crippen LogP contribution in [0.25, 0.3) is 0 Å². The summed E-state index contributed by atoms with van der Waals surface area (Å²) >= 11 is 0. The molecular formula is C16H25NO. The molecule has 18 heavy (non-hydrogen) atoms. The molecule has 0 saturated heterocycles. The van der Waals surface area contributed by atoms with Crippen molar-refractivity contribution in [2.24, 2.45) is 11.3 Å². The molecule has 1 aromatic heterocycles. The van der Waals surface area contributed by atoms with Gasteiger partial charge in [-0.3, -0.25) is 4.79 Å². The van der Waals surface area contributed by atoms with Crippen LogP contribution in [-0.4, -0.2) is 10.4 Å². The average molecular weight is 247 g/mol. The Kier molecular flexibility index (Phi) is 3.39. The quantitative estimate of drug-likeness (QED) is 0.791. The lowest BCUT2D eigenvalue weighted by atomic mass is 9.81. The molecule has 2 rings (SSSR count). The molecule has 1 heterocycles. The highest BCUT2D eigenvalue weighted by atomic mass is 16.1. The second-order valence-electron chi connectivity index (χ2n) is 6.65. The summed E-state index contributed by atoms with van der Waals surface area (Å²) < 4.78 is 2.38. The van der Waals surface area contributed by atoms with Crippen molar-refractivity contribution in [3.05, 3.63) is 23.0 Å². The number of carbonyl (C=O) groups is 1. The van der Waals surface area contributed by atoms with Crippen molar-refractivity contribution in [3.63, 3.8) is 0 Å². The number of carbonyl (C=O) groups excluding carboxylic acids is 1. The molecule has 0 radical (unpaired) electrons. The molecule has 2 heteroatoms. The molecule has 0 atom stereocenters. The zero-order valence-electron chi connectivity index (χ0n) is 12.3. The van der Waals surface area contributed by atoms with Gasteiger partial charge in [-0.1, -0.05) is 27.7 Å². The predicted octanol–water partition coefficient (Wildman–Crippen LogP) is 4.00. The fraction of sp³-hybridized carbons (Fsp3) is 0.688. The van der Waals surface area contributed by atoms with Crippen molar-refractivity contribution in [2.45, 2.75) is 60.4 Å². The maximum Gasteiger partial charge on any atom is 0.164 e. The fourth-order valence-corrected chi connectivity index (χ4v) is 2.60. The van der Waals surface area contributed by atoms with Gasteiger partial charge in [0.15, 0.2) is 5.78 Å². The Morgan fingerprint density at radius 3 is 2.61 bits per heavy atom. The highest BCUT2D eigenvalue weighted by molar-refractivity contribution is 5.98. The van der Waals surface area contributed by atoms with Crippen LogP contribution in [0, 0.1) is 18.3 Å². The maximum atomic E-state index is 11.9. The van der Waals surface area contributed by atoms with Crippen LogP contribution in [0.5, 0.6) is 0 Å². The van der Waals surface area contributed by atoms with Gasteiger partial charge in [-0.2, -0.15) is 0 Å². The van der Waals surface area contributed by atoms with Crippen LogP contribution in [0.15, 0.2) is 6.07 Å². The van der Waals surface area contributed by atoms with Crippen LogP contribution < -0.4 is 0 Å². The minimum Gasteiger partial charge on any atom is -0.348 e. The molecule has 100 valence electrons. The molecule has 0 aliphatic heterocycles. The summed E-state index contributed by atoms with van der Waals surface area (Å²) in [6.45, 7) is 12.3. The molecule has 0 bridgehead atoms. The summed E-state index contributed by atoms with van der Waals surface area (Å²) in [4.78, 5) is 11.9. The van der Waals surface area contributed by atoms with E-state index >= 15 is 0 Å². The average Bonchev–Trinajstić information content (AvgIpc) is 2.57. The van der Waals surface area contributed by atoms with E-state index in [9.17, 15) is 4.79 Å². The fourth-order valence-electron chi connectivity index (χ4n) is 2.60. The van der Waals surface area contributed by atoms with Crippen molar-refractivity contribution in [3.8, 4) is 0 Å². The van der Waals surface area contributed by atoms with Gasteiger partial charge in [0.05, 0.1) is 0 Å². The van der Waals surface area contributed by atoms with E-state index in [2.05, 4.69) is 45.3 Å². The number of Topliss-reactive ketones (excluding diaryl/α,β-unsaturated/α-hetero) is 1. The summed E-state index contributed by atoms with van der Waals surface area (Å²) in [6, 6.07) is 2.09. The Bertz CT molecular complexity index is 466. The van der Waals surface area contributed by atoms with E-state index in [0.29, 0.717) is 11.7 Å². The number of hydrogen-bond acceptors (Lipinski definition) is 1. The highest BCUT2D eigenvalue weighted by Gasteiger charge is 2.28. The first kappa shape index (κ1) is 13.4. The van der Waals surface area contributed by atoms with Gasteiger partial charge in [0, 0.05) is 29.9 Å². The van der Waals surface area contributed by atoms with Gasteiger partial charge in [-0.05, 0) is 37.2 Å². The number of rotatable bonds is 3. The van der Waals surface area contributed by atoms with Crippen LogP contribution >= 0.6 is 0 Å². The van der Waals surface area contributed by atoms with Crippen molar-refractivity contribution < 1.29 is 4.79 Å². The van der Waals surface area contributed by atoms with E-state index in [0.717, 1.165) is 31.4 Å². The van der Waals surface area contributed by atoms with E-state index < -0.39 is 0 Å². The zero-order chi connectivity index (χ0) is 13.5. The first-order valence-electron chi connectivity index (χ1n) is 7.05. The van der Waals surface area contributed by atoms with Gasteiger partial charge in [0.25, 0.3) is 0 Å². The number of aryl methyl sites for hydroxylation is 1. The largest absolute Gasteiger partial charge is 0.348 e. The zero-order valence-corrected chi connectivity index (χ0v) is 12.3. The Labute approximate surface area is 110 Å². The molecule has 0 fully saturated rings. The maximum absolute atomic E-state index is 11.9. The lowest BCUT2D eigenvalue weighted by molar-refractivity contribution is 0.0971. The number of ketones is 1. The normalized spacial score (nSPS) is 16.2. The summed E-state index contributed by atoms with van der Waals surface area (Å²) in [7, 11) is 0. The molecule has 0 aromatic carbocycles. The smallest absolute Gasteiger partial charge is 0.164 e. The predicted molar refractivity (Wildman–Crippen MR) is 75.1 cm³/mol. The second-order valence-corrected chi connectivity index (χ2v) is 6.65. The monoisotopic (exact) mass is 247 g/mol. The third kappa shape index (κ3) is 2.25. The van der Waals surface area contributed by atoms with E-state index in [4.69, 9.17) is 0 Å². The molecular weight excluding hydrogens is 222 g/mol. The first-order valence-corrected chi connectivity index (χ1v) is 7.05. The van der Waals surface area contributed by atoms with Crippen LogP contribution in [0.4, 0.5) is 0 Å². The van der Waals surface area contributed by atoms with Gasteiger partial charge in [0.2, 0.25) is 0 Å². The molecule has 1 aliphatic carbocycles. The van der Waals surface area contributed by atoms with Crippen molar-refractivity contribution in [1.29, 1.82) is 0 Å². The van der Waals surface area contributed by atoms with Gasteiger partial charge in [-0.25, -0.2) is 0 Å². The van der Waals surface area contributed by atoms with E-state index in [1.165, 1.54) is 11.4 Å². The van der Waals surface area contributed by atoms with Gasteiger partial charge < -0.3 is 4.57 Å². The Hall–Kier alpha value is -1.05. The topological polar surface area (TPSA) is 22.0 Å². The first-order chi connectivity index (χ1) is 8.33. The second kappa shape index (κ2) is 4.56. The lowest BCUT2D eigenvalue weighted by Crippen LogP contribution is -2.27. The van der Waals surface area contributed by atoms with Crippen LogP contribution in [0.3, 0.4) is 0 Å². The van der Waals surface area contributed by atoms with Crippen molar-refractivity contribution >= 4 is 5.78 Å². The molecule has 0 amide bonds. The van der Waals surface area contributed by atoms with Crippen molar-refractivity contribution in [1.82, 2.24) is 4.57 Å². The highest BCUT2D eigenvalue weighted by Crippen LogP contribution is 2.32. The van der Waals surface area contributed by atoms with Crippen molar-refractivity contribution in [2.75, 3.05) is 0 Å². The molecule has 0 N–H and O–H groups in total. The summed E-state index contributed by atoms with van der Waals surface area (Å²) in [5.41, 5.74) is 3.76. The third-order valence-electron chi connectivity index (χ3n) is 4.66. The number of aromatic nitrogens is 1. The number of hydrogen-bond donors (Lipinski definition) is 0. The minimum atomic E-state index is 0.262. The Morgan fingerprint density at radius 2 is 2.00 bits per heavy atom. The van der Waals surface area contributed by atoms with Gasteiger partial charge in [0.1, 0.15) is 0 Å². The van der Waals surface area contributed by atoms with E-state index in [-0.39, 0.29) is 5.41 Å². The molecule has 0 spiro atoms. The molecule has 0 saturated carbocycles. The SMILES string of the molecule is Cc1cc2c(n1CC(C)(C)C(C)C)CCCC2=O. The minimum absolute atomic E-state index is 0.262. The number of fused-ring (bicyclic) bond motifs is 1. The van der Waals surface area contributed by atoms with Gasteiger partial charge in [-0.15, -0.1) is 0 Å². The number of nitrogens with zero attached hydrogens (tertiary/aromatic N) is 1. The van der Waals surface area contributed by atoms with E-state index in [1.807, 2.05) is 0 Å². The van der Waals surface area contributed by atoms with Crippen LogP contribution in [0.1, 0.15) is 62.3 Å². The van der Waals surface area contributed by atoms with Crippen LogP contribution in [-0.2, 0) is 13.0 Å². The molecule has 2 nitrogen and oxygen atoms in total. The lowest BCUT2D eigenvalue weighted by Gasteiger charge is -2.32. The summed E-state index contributed by atoms with van der Waals surface area (Å²) in [6.07, 6.45) is 2.80. The Morgan fingerprint density at radius 1 is 1.33 bits per heavy atom. The van der Waals surface area contributed by atoms with E-state index in [1.54, 1.807) is 0 Å². The summed E-state index contributed by atoms with van der Waals surface area (Å²) in [5.74, 6) is 0.967. The molecule has 1 aliphatic rings. The third-order valence-corrected chi connectivity index (χ3v) is 4.66. The Balaban J connectivity index is 2.37. The van der Waals surface area contributed by atoms with Gasteiger partial charge >= 0.3 is 0 Å². The molecule has 0 unspecified atom stereocenters. The summed E-state index contributed by atoms with van der Waals surface area (Å²) in [5, 5.41) is 0.